The molecule has 5 rings (SSSR count). The Morgan fingerprint density at radius 2 is 1.87 bits per heavy atom. The minimum absolute atomic E-state index is 0.135. The van der Waals surface area contributed by atoms with Crippen molar-refractivity contribution in [2.24, 2.45) is 18.9 Å². The van der Waals surface area contributed by atoms with E-state index >= 15 is 0 Å². The molecular weight excluding hydrogens is 388 g/mol. The molecule has 2 aliphatic heterocycles. The van der Waals surface area contributed by atoms with Crippen LogP contribution in [0.25, 0.3) is 17.0 Å². The Morgan fingerprint density at radius 1 is 1.13 bits per heavy atom. The number of hydrogen-bond donors (Lipinski definition) is 1. The molecule has 1 N–H and O–H groups in total. The van der Waals surface area contributed by atoms with Gasteiger partial charge in [0.05, 0.1) is 11.1 Å². The lowest BCUT2D eigenvalue weighted by molar-refractivity contribution is 0.101. The van der Waals surface area contributed by atoms with Gasteiger partial charge in [-0.15, -0.1) is 0 Å². The topological polar surface area (TPSA) is 54.7 Å². The number of ether oxygens (including phenoxy) is 1. The monoisotopic (exact) mass is 416 g/mol. The van der Waals surface area contributed by atoms with Gasteiger partial charge in [-0.2, -0.15) is 0 Å². The first kappa shape index (κ1) is 19.9. The zero-order valence-corrected chi connectivity index (χ0v) is 18.3. The van der Waals surface area contributed by atoms with Crippen LogP contribution in [0.2, 0.25) is 0 Å². The number of aromatic nitrogens is 1. The van der Waals surface area contributed by atoms with Gasteiger partial charge in [-0.1, -0.05) is 32.0 Å². The molecule has 3 aromatic rings. The predicted molar refractivity (Wildman–Crippen MR) is 122 cm³/mol. The second-order valence-electron chi connectivity index (χ2n) is 9.23. The Kier molecular flexibility index (Phi) is 4.86. The summed E-state index contributed by atoms with van der Waals surface area (Å²) in [4.78, 5) is 15.5. The molecule has 1 aromatic heterocycles. The van der Waals surface area contributed by atoms with Crippen molar-refractivity contribution in [1.29, 1.82) is 0 Å². The summed E-state index contributed by atoms with van der Waals surface area (Å²) in [6.07, 6.45) is 5.05. The molecule has 0 saturated carbocycles. The van der Waals surface area contributed by atoms with Crippen molar-refractivity contribution in [3.8, 4) is 11.5 Å². The number of para-hydroxylation sites is 1. The van der Waals surface area contributed by atoms with Gasteiger partial charge in [0.25, 0.3) is 0 Å². The fourth-order valence-corrected chi connectivity index (χ4v) is 5.22. The lowest BCUT2D eigenvalue weighted by atomic mass is 9.91. The number of carbonyl (C=O) groups excluding carboxylic acids is 1. The number of allylic oxidation sites excluding steroid dienone is 1. The third kappa shape index (κ3) is 3.53. The van der Waals surface area contributed by atoms with E-state index in [1.807, 2.05) is 42.1 Å². The summed E-state index contributed by atoms with van der Waals surface area (Å²) >= 11 is 0. The van der Waals surface area contributed by atoms with E-state index in [9.17, 15) is 9.90 Å². The van der Waals surface area contributed by atoms with Gasteiger partial charge in [-0.05, 0) is 42.5 Å². The number of aromatic hydroxyl groups is 1. The van der Waals surface area contributed by atoms with E-state index in [2.05, 4.69) is 24.8 Å². The second kappa shape index (κ2) is 7.57. The number of rotatable bonds is 3. The quantitative estimate of drug-likeness (QED) is 0.612. The number of hydrogen-bond acceptors (Lipinski definition) is 4. The molecule has 2 aromatic carbocycles. The van der Waals surface area contributed by atoms with Crippen molar-refractivity contribution >= 4 is 22.8 Å². The van der Waals surface area contributed by atoms with Gasteiger partial charge < -0.3 is 14.4 Å². The molecule has 0 bridgehead atoms. The highest BCUT2D eigenvalue weighted by atomic mass is 16.5. The Balaban J connectivity index is 1.49. The number of nitrogens with zero attached hydrogens (tertiary/aromatic N) is 2. The zero-order chi connectivity index (χ0) is 21.7. The van der Waals surface area contributed by atoms with Crippen molar-refractivity contribution in [3.63, 3.8) is 0 Å². The SMILES string of the molecule is C[C@H]1C[C@H](C)CN(Cc2c(O)ccc3c2O/C(=C\c2cn(C)c4ccccc24)C3=O)C1. The maximum atomic E-state index is 13.1. The average molecular weight is 417 g/mol. The highest BCUT2D eigenvalue weighted by Gasteiger charge is 2.33. The summed E-state index contributed by atoms with van der Waals surface area (Å²) < 4.78 is 8.15. The number of carbonyl (C=O) groups is 1. The Bertz CT molecular complexity index is 1200. The molecule has 31 heavy (non-hydrogen) atoms. The van der Waals surface area contributed by atoms with Gasteiger partial charge in [-0.3, -0.25) is 9.69 Å². The standard InChI is InChI=1S/C26H28N2O3/c1-16-10-17(2)13-28(12-16)15-21-23(29)9-8-20-25(30)24(31-26(20)21)11-18-14-27(3)22-7-5-4-6-19(18)22/h4-9,11,14,16-17,29H,10,12-13,15H2,1-3H3/b24-11-/t16-,17-/m0/s1. The summed E-state index contributed by atoms with van der Waals surface area (Å²) in [7, 11) is 1.99. The maximum absolute atomic E-state index is 13.1. The zero-order valence-electron chi connectivity index (χ0n) is 18.3. The maximum Gasteiger partial charge on any atom is 0.231 e. The number of benzene rings is 2. The highest BCUT2D eigenvalue weighted by molar-refractivity contribution is 6.15. The summed E-state index contributed by atoms with van der Waals surface area (Å²) in [5.41, 5.74) is 3.27. The number of piperidine rings is 1. The van der Waals surface area contributed by atoms with Crippen molar-refractivity contribution in [2.75, 3.05) is 13.1 Å². The van der Waals surface area contributed by atoms with Crippen LogP contribution in [0, 0.1) is 11.8 Å². The van der Waals surface area contributed by atoms with Crippen LogP contribution in [0.5, 0.6) is 11.5 Å². The first-order valence-electron chi connectivity index (χ1n) is 11.0. The summed E-state index contributed by atoms with van der Waals surface area (Å²) in [5.74, 6) is 2.09. The van der Waals surface area contributed by atoms with E-state index in [1.54, 1.807) is 12.1 Å². The molecule has 3 heterocycles. The highest BCUT2D eigenvalue weighted by Crippen LogP contribution is 2.41. The first-order valence-corrected chi connectivity index (χ1v) is 11.0. The normalized spacial score (nSPS) is 22.8. The molecule has 1 saturated heterocycles. The van der Waals surface area contributed by atoms with Gasteiger partial charge >= 0.3 is 0 Å². The van der Waals surface area contributed by atoms with Crippen LogP contribution in [-0.2, 0) is 13.6 Å². The Morgan fingerprint density at radius 3 is 2.65 bits per heavy atom. The van der Waals surface area contributed by atoms with E-state index in [4.69, 9.17) is 4.74 Å². The molecule has 5 heteroatoms. The minimum atomic E-state index is -0.135. The molecule has 0 radical (unpaired) electrons. The van der Waals surface area contributed by atoms with E-state index in [-0.39, 0.29) is 11.5 Å². The van der Waals surface area contributed by atoms with Crippen LogP contribution in [0.3, 0.4) is 0 Å². The van der Waals surface area contributed by atoms with E-state index in [0.29, 0.717) is 41.0 Å². The molecule has 0 unspecified atom stereocenters. The smallest absolute Gasteiger partial charge is 0.231 e. The fraction of sp³-hybridized carbons (Fsp3) is 0.346. The number of fused-ring (bicyclic) bond motifs is 2. The van der Waals surface area contributed by atoms with Crippen molar-refractivity contribution < 1.29 is 14.6 Å². The number of Topliss-reactive ketones (excluding diaryl/α,β-unsaturated/α-hetero) is 1. The number of phenolic OH excluding ortho intramolecular Hbond substituents is 1. The van der Waals surface area contributed by atoms with Crippen LogP contribution in [-0.4, -0.2) is 33.4 Å². The third-order valence-corrected chi connectivity index (χ3v) is 6.46. The molecule has 0 spiro atoms. The van der Waals surface area contributed by atoms with E-state index in [0.717, 1.165) is 29.6 Å². The lowest BCUT2D eigenvalue weighted by Crippen LogP contribution is -2.38. The molecular formula is C26H28N2O3. The molecule has 160 valence electrons. The van der Waals surface area contributed by atoms with Crippen LogP contribution in [0.1, 0.15) is 41.8 Å². The first-order chi connectivity index (χ1) is 14.9. The number of phenols is 1. The van der Waals surface area contributed by atoms with Crippen molar-refractivity contribution in [1.82, 2.24) is 9.47 Å². The van der Waals surface area contributed by atoms with E-state index in [1.165, 1.54) is 6.42 Å². The van der Waals surface area contributed by atoms with E-state index < -0.39 is 0 Å². The Hall–Kier alpha value is -3.05. The van der Waals surface area contributed by atoms with Crippen molar-refractivity contribution in [2.45, 2.75) is 26.8 Å². The third-order valence-electron chi connectivity index (χ3n) is 6.46. The van der Waals surface area contributed by atoms with Crippen molar-refractivity contribution in [3.05, 3.63) is 65.0 Å². The van der Waals surface area contributed by atoms with Gasteiger partial charge in [0.2, 0.25) is 5.78 Å². The average Bonchev–Trinajstić information content (AvgIpc) is 3.21. The number of ketones is 1. The Labute approximate surface area is 182 Å². The minimum Gasteiger partial charge on any atom is -0.507 e. The predicted octanol–water partition coefficient (Wildman–Crippen LogP) is 4.98. The van der Waals surface area contributed by atoms with Gasteiger partial charge in [0.15, 0.2) is 5.76 Å². The van der Waals surface area contributed by atoms with Crippen LogP contribution in [0.4, 0.5) is 0 Å². The molecule has 0 amide bonds. The largest absolute Gasteiger partial charge is 0.507 e. The van der Waals surface area contributed by atoms with Crippen LogP contribution >= 0.6 is 0 Å². The van der Waals surface area contributed by atoms with Gasteiger partial charge in [0.1, 0.15) is 11.5 Å². The number of likely N-dealkylation sites (tertiary alicyclic amines) is 1. The molecule has 1 fully saturated rings. The molecule has 2 atom stereocenters. The summed E-state index contributed by atoms with van der Waals surface area (Å²) in [6, 6.07) is 11.4. The summed E-state index contributed by atoms with van der Waals surface area (Å²) in [6.45, 7) is 7.09. The molecule has 0 aliphatic carbocycles. The lowest BCUT2D eigenvalue weighted by Gasteiger charge is -2.35. The fourth-order valence-electron chi connectivity index (χ4n) is 5.22. The molecule has 2 aliphatic rings. The second-order valence-corrected chi connectivity index (χ2v) is 9.23. The van der Waals surface area contributed by atoms with Crippen LogP contribution in [0.15, 0.2) is 48.4 Å². The molecule has 5 nitrogen and oxygen atoms in total. The van der Waals surface area contributed by atoms with Gasteiger partial charge in [0, 0.05) is 49.3 Å². The van der Waals surface area contributed by atoms with Crippen LogP contribution < -0.4 is 4.74 Å². The summed E-state index contributed by atoms with van der Waals surface area (Å²) in [5, 5.41) is 11.7. The van der Waals surface area contributed by atoms with Gasteiger partial charge in [-0.25, -0.2) is 0 Å². The number of aryl methyl sites for hydroxylation is 1.